The zero-order valence-corrected chi connectivity index (χ0v) is 24.3. The van der Waals surface area contributed by atoms with Crippen LogP contribution in [0.1, 0.15) is 51.4 Å². The summed E-state index contributed by atoms with van der Waals surface area (Å²) in [5.74, 6) is 4.66. The van der Waals surface area contributed by atoms with Crippen molar-refractivity contribution in [2.45, 2.75) is 113 Å². The summed E-state index contributed by atoms with van der Waals surface area (Å²) in [6.45, 7) is 0.419. The molecule has 0 radical (unpaired) electrons. The van der Waals surface area contributed by atoms with Crippen LogP contribution in [0.4, 0.5) is 11.4 Å². The molecule has 0 unspecified atom stereocenters. The topological polar surface area (TPSA) is 216 Å². The number of anilines is 2. The maximum Gasteiger partial charge on any atom is 0.256 e. The Hall–Kier alpha value is -2.68. The molecule has 0 aliphatic carbocycles. The van der Waals surface area contributed by atoms with Crippen molar-refractivity contribution in [3.05, 3.63) is 24.3 Å². The maximum atomic E-state index is 12.9. The molecule has 4 heterocycles. The number of carbonyl (C=O) groups is 2. The van der Waals surface area contributed by atoms with Gasteiger partial charge in [-0.25, -0.2) is 0 Å². The second-order valence-electron chi connectivity index (χ2n) is 11.1. The minimum absolute atomic E-state index is 0.210. The summed E-state index contributed by atoms with van der Waals surface area (Å²) >= 11 is 0. The van der Waals surface area contributed by atoms with E-state index in [9.17, 15) is 40.2 Å². The van der Waals surface area contributed by atoms with Crippen LogP contribution in [-0.4, -0.2) is 117 Å². The number of amides is 2. The van der Waals surface area contributed by atoms with E-state index in [2.05, 4.69) is 22.5 Å². The van der Waals surface area contributed by atoms with E-state index in [1.54, 1.807) is 0 Å². The Kier molecular flexibility index (Phi) is 12.9. The summed E-state index contributed by atoms with van der Waals surface area (Å²) in [5.41, 5.74) is 0.526. The van der Waals surface area contributed by atoms with Crippen molar-refractivity contribution in [2.75, 3.05) is 23.8 Å². The highest BCUT2D eigenvalue weighted by Gasteiger charge is 2.48. The van der Waals surface area contributed by atoms with Gasteiger partial charge in [-0.15, -0.1) is 11.8 Å². The molecule has 8 N–H and O–H groups in total. The molecule has 1 aromatic rings. The lowest BCUT2D eigenvalue weighted by Gasteiger charge is -2.39. The van der Waals surface area contributed by atoms with E-state index in [4.69, 9.17) is 18.9 Å². The Labute approximate surface area is 255 Å². The van der Waals surface area contributed by atoms with E-state index in [0.717, 1.165) is 25.7 Å². The van der Waals surface area contributed by atoms with Gasteiger partial charge in [0.05, 0.1) is 0 Å². The molecule has 1 aromatic carbocycles. The third kappa shape index (κ3) is 8.95. The average molecular weight is 623 g/mol. The first-order valence-electron chi connectivity index (χ1n) is 15.0. The van der Waals surface area contributed by atoms with Gasteiger partial charge in [0.25, 0.3) is 11.8 Å². The lowest BCUT2D eigenvalue weighted by Crippen LogP contribution is -2.61. The van der Waals surface area contributed by atoms with Crippen LogP contribution in [0.15, 0.2) is 24.3 Å². The molecule has 6 bridgehead atoms. The molecule has 10 atom stereocenters. The van der Waals surface area contributed by atoms with Gasteiger partial charge in [0, 0.05) is 37.4 Å². The van der Waals surface area contributed by atoms with Gasteiger partial charge >= 0.3 is 0 Å². The molecular weight excluding hydrogens is 580 g/mol. The van der Waals surface area contributed by atoms with Crippen molar-refractivity contribution < 1.29 is 59.2 Å². The van der Waals surface area contributed by atoms with Crippen LogP contribution in [0, 0.1) is 11.8 Å². The van der Waals surface area contributed by atoms with E-state index in [0.29, 0.717) is 25.7 Å². The second kappa shape index (κ2) is 16.6. The van der Waals surface area contributed by atoms with Crippen molar-refractivity contribution in [3.8, 4) is 11.8 Å². The lowest BCUT2D eigenvalue weighted by molar-refractivity contribution is -0.289. The smallest absolute Gasteiger partial charge is 0.256 e. The predicted octanol–water partition coefficient (Wildman–Crippen LogP) is -0.650. The molecule has 244 valence electrons. The first-order valence-corrected chi connectivity index (χ1v) is 15.0. The van der Waals surface area contributed by atoms with Crippen LogP contribution in [0.2, 0.25) is 0 Å². The Morgan fingerprint density at radius 3 is 1.32 bits per heavy atom. The summed E-state index contributed by atoms with van der Waals surface area (Å²) in [6.07, 6.45) is -9.64. The second-order valence-corrected chi connectivity index (χ2v) is 11.1. The van der Waals surface area contributed by atoms with Gasteiger partial charge in [0.1, 0.15) is 36.6 Å². The zero-order chi connectivity index (χ0) is 31.6. The summed E-state index contributed by atoms with van der Waals surface area (Å²) < 4.78 is 22.2. The van der Waals surface area contributed by atoms with Crippen molar-refractivity contribution >= 4 is 23.2 Å². The Morgan fingerprint density at radius 2 is 0.932 bits per heavy atom. The fourth-order valence-electron chi connectivity index (χ4n) is 5.03. The number of nitrogens with one attached hydrogen (secondary N) is 2. The number of fused-ring (bicyclic) bond motifs is 16. The van der Waals surface area contributed by atoms with Crippen LogP contribution >= 0.6 is 0 Å². The minimum Gasteiger partial charge on any atom is -0.387 e. The molecule has 2 fully saturated rings. The number of carbonyl (C=O) groups excluding carboxylic acids is 2. The molecule has 0 aromatic heterocycles. The summed E-state index contributed by atoms with van der Waals surface area (Å²) in [5, 5.41) is 67.2. The number of ether oxygens (including phenoxy) is 4. The summed E-state index contributed by atoms with van der Waals surface area (Å²) in [4.78, 5) is 25.8. The first kappa shape index (κ1) is 34.2. The molecule has 14 heteroatoms. The molecule has 0 spiro atoms. The number of benzene rings is 1. The minimum atomic E-state index is -1.72. The van der Waals surface area contributed by atoms with Gasteiger partial charge in [-0.05, 0) is 49.9 Å². The molecule has 14 nitrogen and oxygen atoms in total. The summed E-state index contributed by atoms with van der Waals surface area (Å²) in [6, 6.07) is 5.79. The third-order valence-corrected chi connectivity index (χ3v) is 7.66. The van der Waals surface area contributed by atoms with E-state index in [-0.39, 0.29) is 24.6 Å². The highest BCUT2D eigenvalue weighted by atomic mass is 16.7. The van der Waals surface area contributed by atoms with Crippen LogP contribution in [0.5, 0.6) is 0 Å². The monoisotopic (exact) mass is 622 g/mol. The Morgan fingerprint density at radius 1 is 0.545 bits per heavy atom. The van der Waals surface area contributed by atoms with E-state index in [1.807, 2.05) is 0 Å². The van der Waals surface area contributed by atoms with Crippen LogP contribution in [0.3, 0.4) is 0 Å². The quantitative estimate of drug-likeness (QED) is 0.169. The predicted molar refractivity (Wildman–Crippen MR) is 154 cm³/mol. The lowest BCUT2D eigenvalue weighted by atomic mass is 9.98. The van der Waals surface area contributed by atoms with Crippen molar-refractivity contribution in [1.82, 2.24) is 0 Å². The largest absolute Gasteiger partial charge is 0.387 e. The van der Waals surface area contributed by atoms with Gasteiger partial charge in [-0.2, -0.15) is 0 Å². The number of aliphatic hydroxyl groups excluding tert-OH is 6. The zero-order valence-electron chi connectivity index (χ0n) is 24.3. The molecule has 4 aliphatic heterocycles. The number of rotatable bonds is 0. The number of hydrogen-bond donors (Lipinski definition) is 8. The molecule has 2 saturated heterocycles. The van der Waals surface area contributed by atoms with Gasteiger partial charge in [0.2, 0.25) is 0 Å². The molecule has 0 saturated carbocycles. The number of hydrogen-bond acceptors (Lipinski definition) is 12. The van der Waals surface area contributed by atoms with Crippen molar-refractivity contribution in [2.24, 2.45) is 0 Å². The molecule has 2 amide bonds. The van der Waals surface area contributed by atoms with Gasteiger partial charge in [-0.3, -0.25) is 9.59 Å². The van der Waals surface area contributed by atoms with Crippen LogP contribution in [0.25, 0.3) is 0 Å². The maximum absolute atomic E-state index is 12.9. The Balaban J connectivity index is 1.44. The SMILES string of the molecule is O=C1Nc2ccc(cc2)NC(=O)[C@H]2O[C@H](OCCCCCC#CCCCCCO[C@H]3O[C@H]1[C@@H](O)[C@H](O)[C@H]3O)[C@H](O)[C@@H](O)[C@@H]2O. The van der Waals surface area contributed by atoms with E-state index in [1.165, 1.54) is 24.3 Å². The Bertz CT molecular complexity index is 1060. The van der Waals surface area contributed by atoms with Crippen LogP contribution in [-0.2, 0) is 28.5 Å². The fourth-order valence-corrected chi connectivity index (χ4v) is 5.03. The fraction of sp³-hybridized carbons (Fsp3) is 0.667. The van der Waals surface area contributed by atoms with Gasteiger partial charge in [-0.1, -0.05) is 12.8 Å². The average Bonchev–Trinajstić information content (AvgIpc) is 3.01. The van der Waals surface area contributed by atoms with E-state index >= 15 is 0 Å². The van der Waals surface area contributed by atoms with Crippen molar-refractivity contribution in [3.63, 3.8) is 0 Å². The molecule has 44 heavy (non-hydrogen) atoms. The highest BCUT2D eigenvalue weighted by molar-refractivity contribution is 5.96. The normalized spacial score (nSPS) is 37.0. The van der Waals surface area contributed by atoms with Crippen molar-refractivity contribution in [1.29, 1.82) is 0 Å². The molecular formula is C30H42N2O12. The van der Waals surface area contributed by atoms with E-state index < -0.39 is 73.2 Å². The standard InChI is InChI=1S/C30H42N2O12/c33-19-21(35)25-27(39)31-17-11-13-18(14-12-17)32-28(40)26-22(36)20(34)24(38)30(44-26)42-16-10-8-6-4-2-1-3-5-7-9-15-41-29(43-25)23(19)37/h11-14,19-26,29-30,33-38H,3-10,15-16H2,(H,31,39)(H,32,40)/t19-,20-,21-,22-,23+,24+,25-,26-,29-,30-/m0/s1. The molecule has 4 aliphatic rings. The van der Waals surface area contributed by atoms with Crippen LogP contribution < -0.4 is 10.6 Å². The van der Waals surface area contributed by atoms with Gasteiger partial charge in [0.15, 0.2) is 24.8 Å². The third-order valence-electron chi connectivity index (χ3n) is 7.66. The number of aliphatic hydroxyl groups is 6. The highest BCUT2D eigenvalue weighted by Crippen LogP contribution is 2.26. The molecule has 5 rings (SSSR count). The summed E-state index contributed by atoms with van der Waals surface area (Å²) in [7, 11) is 0. The first-order chi connectivity index (χ1) is 21.2. The van der Waals surface area contributed by atoms with Gasteiger partial charge < -0.3 is 60.2 Å².